The van der Waals surface area contributed by atoms with E-state index in [0.717, 1.165) is 0 Å². The first-order valence-corrected chi connectivity index (χ1v) is 4.52. The molecule has 0 saturated carbocycles. The fraction of sp³-hybridized carbons (Fsp3) is 0.667. The van der Waals surface area contributed by atoms with Crippen LogP contribution < -0.4 is 5.73 Å². The topological polar surface area (TPSA) is 64.1 Å². The van der Waals surface area contributed by atoms with Gasteiger partial charge in [0, 0.05) is 12.2 Å². The predicted molar refractivity (Wildman–Crippen MR) is 51.4 cm³/mol. The molecule has 1 unspecified atom stereocenters. The van der Waals surface area contributed by atoms with Crippen molar-refractivity contribution in [3.63, 3.8) is 0 Å². The molecule has 0 aliphatic rings. The highest BCUT2D eigenvalue weighted by Gasteiger charge is 2.05. The van der Waals surface area contributed by atoms with Crippen molar-refractivity contribution >= 4 is 0 Å². The van der Waals surface area contributed by atoms with E-state index in [2.05, 4.69) is 18.9 Å². The van der Waals surface area contributed by atoms with Crippen molar-refractivity contribution in [2.75, 3.05) is 6.61 Å². The molecule has 1 heterocycles. The van der Waals surface area contributed by atoms with E-state index >= 15 is 0 Å². The van der Waals surface area contributed by atoms with Gasteiger partial charge in [-0.3, -0.25) is 4.68 Å². The second-order valence-corrected chi connectivity index (χ2v) is 3.59. The van der Waals surface area contributed by atoms with Crippen molar-refractivity contribution in [1.29, 1.82) is 0 Å². The van der Waals surface area contributed by atoms with E-state index in [4.69, 9.17) is 10.8 Å². The smallest absolute Gasteiger partial charge is 0.0600 e. The molecule has 4 heteroatoms. The monoisotopic (exact) mass is 183 g/mol. The Morgan fingerprint density at radius 1 is 1.62 bits per heavy atom. The van der Waals surface area contributed by atoms with Crippen molar-refractivity contribution in [3.05, 3.63) is 18.0 Å². The molecule has 1 aromatic heterocycles. The summed E-state index contributed by atoms with van der Waals surface area (Å²) >= 11 is 0. The minimum absolute atomic E-state index is 0.00310. The number of aliphatic hydroxyl groups excluding tert-OH is 1. The molecule has 4 nitrogen and oxygen atoms in total. The normalized spacial score (nSPS) is 13.6. The molecule has 0 saturated heterocycles. The maximum absolute atomic E-state index is 8.75. The van der Waals surface area contributed by atoms with Gasteiger partial charge in [-0.1, -0.05) is 13.8 Å². The van der Waals surface area contributed by atoms with Crippen LogP contribution in [0.4, 0.5) is 0 Å². The molecular formula is C9H17N3O. The van der Waals surface area contributed by atoms with E-state index < -0.39 is 0 Å². The largest absolute Gasteiger partial charge is 0.395 e. The van der Waals surface area contributed by atoms with Gasteiger partial charge in [0.15, 0.2) is 0 Å². The molecule has 0 aromatic carbocycles. The standard InChI is InChI=1S/C9H17N3O/c1-7(2)8-3-11-12(4-8)5-9(10)6-13/h3-4,7,9,13H,5-6,10H2,1-2H3. The summed E-state index contributed by atoms with van der Waals surface area (Å²) in [6.45, 7) is 4.81. The van der Waals surface area contributed by atoms with E-state index in [1.54, 1.807) is 4.68 Å². The van der Waals surface area contributed by atoms with Crippen LogP contribution in [-0.2, 0) is 6.54 Å². The SMILES string of the molecule is CC(C)c1cnn(CC(N)CO)c1. The predicted octanol–water partition coefficient (Wildman–Crippen LogP) is 0.326. The highest BCUT2D eigenvalue weighted by Crippen LogP contribution is 2.11. The molecule has 1 aromatic rings. The highest BCUT2D eigenvalue weighted by molar-refractivity contribution is 5.08. The van der Waals surface area contributed by atoms with E-state index in [1.807, 2.05) is 12.4 Å². The molecule has 0 radical (unpaired) electrons. The lowest BCUT2D eigenvalue weighted by molar-refractivity contribution is 0.250. The Labute approximate surface area is 78.4 Å². The molecule has 0 spiro atoms. The second kappa shape index (κ2) is 4.39. The second-order valence-electron chi connectivity index (χ2n) is 3.59. The zero-order chi connectivity index (χ0) is 9.84. The molecule has 0 aliphatic carbocycles. The molecule has 1 atom stereocenters. The average Bonchev–Trinajstić information content (AvgIpc) is 2.52. The molecule has 0 amide bonds. The van der Waals surface area contributed by atoms with E-state index in [-0.39, 0.29) is 12.6 Å². The fourth-order valence-corrected chi connectivity index (χ4v) is 1.08. The summed E-state index contributed by atoms with van der Waals surface area (Å²) in [4.78, 5) is 0. The van der Waals surface area contributed by atoms with Crippen LogP contribution in [0.5, 0.6) is 0 Å². The minimum atomic E-state index is -0.222. The molecule has 74 valence electrons. The van der Waals surface area contributed by atoms with Crippen LogP contribution in [0.25, 0.3) is 0 Å². The lowest BCUT2D eigenvalue weighted by Crippen LogP contribution is -2.29. The average molecular weight is 183 g/mol. The maximum Gasteiger partial charge on any atom is 0.0600 e. The summed E-state index contributed by atoms with van der Waals surface area (Å²) in [7, 11) is 0. The third-order valence-electron chi connectivity index (χ3n) is 1.98. The third kappa shape index (κ3) is 2.82. The first-order valence-electron chi connectivity index (χ1n) is 4.52. The van der Waals surface area contributed by atoms with E-state index in [9.17, 15) is 0 Å². The highest BCUT2D eigenvalue weighted by atomic mass is 16.3. The number of nitrogens with zero attached hydrogens (tertiary/aromatic N) is 2. The summed E-state index contributed by atoms with van der Waals surface area (Å²) in [5.74, 6) is 0.485. The quantitative estimate of drug-likeness (QED) is 0.707. The van der Waals surface area contributed by atoms with Gasteiger partial charge in [0.05, 0.1) is 19.3 Å². The van der Waals surface area contributed by atoms with Gasteiger partial charge in [-0.05, 0) is 11.5 Å². The molecule has 0 fully saturated rings. The Hall–Kier alpha value is -0.870. The number of hydrogen-bond donors (Lipinski definition) is 2. The van der Waals surface area contributed by atoms with Gasteiger partial charge in [0.1, 0.15) is 0 Å². The van der Waals surface area contributed by atoms with Gasteiger partial charge in [0.2, 0.25) is 0 Å². The third-order valence-corrected chi connectivity index (χ3v) is 1.98. The van der Waals surface area contributed by atoms with Crippen LogP contribution in [0.2, 0.25) is 0 Å². The van der Waals surface area contributed by atoms with Crippen LogP contribution in [0.15, 0.2) is 12.4 Å². The summed E-state index contributed by atoms with van der Waals surface area (Å²) in [5.41, 5.74) is 6.78. The first kappa shape index (κ1) is 10.2. The Morgan fingerprint density at radius 2 is 2.31 bits per heavy atom. The molecule has 0 bridgehead atoms. The molecule has 13 heavy (non-hydrogen) atoms. The minimum Gasteiger partial charge on any atom is -0.395 e. The van der Waals surface area contributed by atoms with Crippen molar-refractivity contribution in [2.45, 2.75) is 32.4 Å². The van der Waals surface area contributed by atoms with Crippen molar-refractivity contribution in [2.24, 2.45) is 5.73 Å². The zero-order valence-corrected chi connectivity index (χ0v) is 8.14. The lowest BCUT2D eigenvalue weighted by atomic mass is 10.1. The Kier molecular flexibility index (Phi) is 3.45. The molecule has 0 aliphatic heterocycles. The van der Waals surface area contributed by atoms with Gasteiger partial charge in [0.25, 0.3) is 0 Å². The number of hydrogen-bond acceptors (Lipinski definition) is 3. The van der Waals surface area contributed by atoms with Gasteiger partial charge in [-0.15, -0.1) is 0 Å². The number of aromatic nitrogens is 2. The first-order chi connectivity index (χ1) is 6.13. The zero-order valence-electron chi connectivity index (χ0n) is 8.14. The Balaban J connectivity index is 2.58. The van der Waals surface area contributed by atoms with Crippen LogP contribution in [-0.4, -0.2) is 27.5 Å². The van der Waals surface area contributed by atoms with Crippen LogP contribution >= 0.6 is 0 Å². The van der Waals surface area contributed by atoms with Gasteiger partial charge < -0.3 is 10.8 Å². The number of rotatable bonds is 4. The van der Waals surface area contributed by atoms with Crippen molar-refractivity contribution in [3.8, 4) is 0 Å². The van der Waals surface area contributed by atoms with E-state index in [1.165, 1.54) is 5.56 Å². The number of nitrogens with two attached hydrogens (primary N) is 1. The van der Waals surface area contributed by atoms with Crippen LogP contribution in [0.3, 0.4) is 0 Å². The summed E-state index contributed by atoms with van der Waals surface area (Å²) in [6.07, 6.45) is 3.81. The summed E-state index contributed by atoms with van der Waals surface area (Å²) in [6, 6.07) is -0.222. The van der Waals surface area contributed by atoms with Crippen LogP contribution in [0.1, 0.15) is 25.3 Å². The molecule has 3 N–H and O–H groups in total. The number of aliphatic hydroxyl groups is 1. The Bertz CT molecular complexity index is 257. The van der Waals surface area contributed by atoms with Crippen molar-refractivity contribution < 1.29 is 5.11 Å². The summed E-state index contributed by atoms with van der Waals surface area (Å²) in [5, 5.41) is 12.9. The lowest BCUT2D eigenvalue weighted by Gasteiger charge is -2.07. The van der Waals surface area contributed by atoms with Gasteiger partial charge >= 0.3 is 0 Å². The van der Waals surface area contributed by atoms with Crippen molar-refractivity contribution in [1.82, 2.24) is 9.78 Å². The van der Waals surface area contributed by atoms with Gasteiger partial charge in [-0.25, -0.2) is 0 Å². The van der Waals surface area contributed by atoms with Gasteiger partial charge in [-0.2, -0.15) is 5.10 Å². The maximum atomic E-state index is 8.75. The summed E-state index contributed by atoms with van der Waals surface area (Å²) < 4.78 is 1.77. The van der Waals surface area contributed by atoms with Crippen LogP contribution in [0, 0.1) is 0 Å². The van der Waals surface area contributed by atoms with E-state index in [0.29, 0.717) is 12.5 Å². The molecule has 1 rings (SSSR count). The molecular weight excluding hydrogens is 166 g/mol. The fourth-order valence-electron chi connectivity index (χ4n) is 1.08. The Morgan fingerprint density at radius 3 is 2.77 bits per heavy atom.